The van der Waals surface area contributed by atoms with Gasteiger partial charge in [-0.1, -0.05) is 32.9 Å². The normalized spacial score (nSPS) is 12.3. The van der Waals surface area contributed by atoms with Gasteiger partial charge in [-0.15, -0.1) is 0 Å². The van der Waals surface area contributed by atoms with Crippen LogP contribution < -0.4 is 5.32 Å². The van der Waals surface area contributed by atoms with Crippen LogP contribution in [0.1, 0.15) is 32.8 Å². The summed E-state index contributed by atoms with van der Waals surface area (Å²) in [5.74, 6) is 0.309. The summed E-state index contributed by atoms with van der Waals surface area (Å²) >= 11 is 0. The van der Waals surface area contributed by atoms with Crippen LogP contribution >= 0.6 is 0 Å². The highest BCUT2D eigenvalue weighted by Gasteiger charge is 2.21. The second-order valence-electron chi connectivity index (χ2n) is 5.50. The molecule has 0 fully saturated rings. The molecule has 0 saturated heterocycles. The van der Waals surface area contributed by atoms with Gasteiger partial charge in [-0.2, -0.15) is 0 Å². The van der Waals surface area contributed by atoms with Crippen LogP contribution in [0.25, 0.3) is 0 Å². The molecule has 114 valence electrons. The van der Waals surface area contributed by atoms with Crippen molar-refractivity contribution in [2.45, 2.75) is 38.6 Å². The van der Waals surface area contributed by atoms with E-state index in [-0.39, 0.29) is 0 Å². The molecule has 1 aromatic rings. The summed E-state index contributed by atoms with van der Waals surface area (Å²) < 4.78 is 26.3. The monoisotopic (exact) mass is 298 g/mol. The summed E-state index contributed by atoms with van der Waals surface area (Å²) in [5, 5.41) is 3.28. The minimum Gasteiger partial charge on any atom is -0.313 e. The fourth-order valence-corrected chi connectivity index (χ4v) is 3.42. The number of benzene rings is 1. The van der Waals surface area contributed by atoms with E-state index in [0.29, 0.717) is 23.9 Å². The molecule has 0 unspecified atom stereocenters. The van der Waals surface area contributed by atoms with Crippen LogP contribution in [0.4, 0.5) is 0 Å². The Bertz CT molecular complexity index is 512. The molecule has 20 heavy (non-hydrogen) atoms. The van der Waals surface area contributed by atoms with E-state index in [9.17, 15) is 8.42 Å². The van der Waals surface area contributed by atoms with Gasteiger partial charge in [0.15, 0.2) is 0 Å². The molecule has 0 aromatic heterocycles. The van der Waals surface area contributed by atoms with Crippen LogP contribution in [0, 0.1) is 5.92 Å². The molecular formula is C15H26N2O2S. The van der Waals surface area contributed by atoms with Gasteiger partial charge in [0.1, 0.15) is 0 Å². The van der Waals surface area contributed by atoms with Gasteiger partial charge in [-0.25, -0.2) is 12.7 Å². The Labute approximate surface area is 123 Å². The summed E-state index contributed by atoms with van der Waals surface area (Å²) in [5.41, 5.74) is 0.998. The van der Waals surface area contributed by atoms with Crippen LogP contribution in [0.5, 0.6) is 0 Å². The lowest BCUT2D eigenvalue weighted by molar-refractivity contribution is 0.417. The molecule has 1 N–H and O–H groups in total. The summed E-state index contributed by atoms with van der Waals surface area (Å²) in [6.45, 7) is 8.29. The summed E-state index contributed by atoms with van der Waals surface area (Å²) in [6, 6.07) is 7.17. The van der Waals surface area contributed by atoms with Crippen LogP contribution in [0.3, 0.4) is 0 Å². The zero-order chi connectivity index (χ0) is 15.2. The molecule has 0 saturated carbocycles. The zero-order valence-corrected chi connectivity index (χ0v) is 13.7. The number of hydrogen-bond acceptors (Lipinski definition) is 3. The van der Waals surface area contributed by atoms with E-state index in [1.54, 1.807) is 25.2 Å². The molecule has 1 aromatic carbocycles. The van der Waals surface area contributed by atoms with Gasteiger partial charge in [-0.3, -0.25) is 0 Å². The Kier molecular flexibility index (Phi) is 6.65. The molecule has 0 aliphatic heterocycles. The molecule has 0 radical (unpaired) electrons. The second kappa shape index (κ2) is 7.76. The lowest BCUT2D eigenvalue weighted by Crippen LogP contribution is -2.30. The molecule has 0 aliphatic rings. The van der Waals surface area contributed by atoms with Crippen molar-refractivity contribution in [1.29, 1.82) is 0 Å². The van der Waals surface area contributed by atoms with E-state index in [0.717, 1.165) is 18.5 Å². The van der Waals surface area contributed by atoms with Crippen molar-refractivity contribution in [2.75, 3.05) is 20.1 Å². The Balaban J connectivity index is 2.87. The van der Waals surface area contributed by atoms with E-state index in [1.165, 1.54) is 4.31 Å². The van der Waals surface area contributed by atoms with Gasteiger partial charge < -0.3 is 5.32 Å². The predicted molar refractivity (Wildman–Crippen MR) is 83.1 cm³/mol. The van der Waals surface area contributed by atoms with Crippen molar-refractivity contribution in [3.05, 3.63) is 29.8 Å². The molecule has 0 bridgehead atoms. The first kappa shape index (κ1) is 17.1. The van der Waals surface area contributed by atoms with Crippen molar-refractivity contribution in [3.8, 4) is 0 Å². The number of nitrogens with zero attached hydrogens (tertiary/aromatic N) is 1. The van der Waals surface area contributed by atoms with Crippen LogP contribution in [0.2, 0.25) is 0 Å². The largest absolute Gasteiger partial charge is 0.313 e. The van der Waals surface area contributed by atoms with Gasteiger partial charge >= 0.3 is 0 Å². The predicted octanol–water partition coefficient (Wildman–Crippen LogP) is 2.46. The first-order valence-electron chi connectivity index (χ1n) is 7.14. The summed E-state index contributed by atoms with van der Waals surface area (Å²) in [4.78, 5) is 0.372. The summed E-state index contributed by atoms with van der Waals surface area (Å²) in [7, 11) is -1.75. The number of rotatable bonds is 8. The zero-order valence-electron chi connectivity index (χ0n) is 12.9. The van der Waals surface area contributed by atoms with Crippen molar-refractivity contribution in [3.63, 3.8) is 0 Å². The van der Waals surface area contributed by atoms with Gasteiger partial charge in [0.05, 0.1) is 4.90 Å². The van der Waals surface area contributed by atoms with Gasteiger partial charge in [0.25, 0.3) is 0 Å². The molecule has 5 heteroatoms. The third kappa shape index (κ3) is 4.89. The fourth-order valence-electron chi connectivity index (χ4n) is 2.02. The van der Waals surface area contributed by atoms with Crippen LogP contribution in [-0.2, 0) is 16.6 Å². The topological polar surface area (TPSA) is 49.4 Å². The Morgan fingerprint density at radius 1 is 1.30 bits per heavy atom. The number of sulfonamides is 1. The average Bonchev–Trinajstić information content (AvgIpc) is 2.38. The lowest BCUT2D eigenvalue weighted by atomic mass is 10.2. The minimum absolute atomic E-state index is 0.309. The van der Waals surface area contributed by atoms with Crippen LogP contribution in [0.15, 0.2) is 29.2 Å². The quantitative estimate of drug-likeness (QED) is 0.750. The molecule has 0 spiro atoms. The number of hydrogen-bond donors (Lipinski definition) is 1. The highest BCUT2D eigenvalue weighted by molar-refractivity contribution is 7.89. The minimum atomic E-state index is -3.38. The molecule has 0 heterocycles. The maximum Gasteiger partial charge on any atom is 0.242 e. The van der Waals surface area contributed by atoms with E-state index < -0.39 is 10.0 Å². The Morgan fingerprint density at radius 3 is 2.60 bits per heavy atom. The van der Waals surface area contributed by atoms with E-state index in [4.69, 9.17) is 0 Å². The SMILES string of the molecule is CCCNCc1cccc(S(=O)(=O)N(C)CC(C)C)c1. The molecule has 4 nitrogen and oxygen atoms in total. The Hall–Kier alpha value is -0.910. The molecule has 0 atom stereocenters. The molecule has 0 aliphatic carbocycles. The van der Waals surface area contributed by atoms with Crippen molar-refractivity contribution < 1.29 is 8.42 Å². The van der Waals surface area contributed by atoms with Gasteiger partial charge in [0, 0.05) is 20.1 Å². The first-order chi connectivity index (χ1) is 9.37. The van der Waals surface area contributed by atoms with Crippen molar-refractivity contribution in [1.82, 2.24) is 9.62 Å². The van der Waals surface area contributed by atoms with Crippen molar-refractivity contribution in [2.24, 2.45) is 5.92 Å². The maximum atomic E-state index is 12.5. The smallest absolute Gasteiger partial charge is 0.242 e. The lowest BCUT2D eigenvalue weighted by Gasteiger charge is -2.19. The maximum absolute atomic E-state index is 12.5. The van der Waals surface area contributed by atoms with Gasteiger partial charge in [0.2, 0.25) is 10.0 Å². The molecular weight excluding hydrogens is 272 g/mol. The van der Waals surface area contributed by atoms with E-state index >= 15 is 0 Å². The molecule has 1 rings (SSSR count). The first-order valence-corrected chi connectivity index (χ1v) is 8.58. The highest BCUT2D eigenvalue weighted by atomic mass is 32.2. The molecule has 0 amide bonds. The third-order valence-electron chi connectivity index (χ3n) is 2.98. The van der Waals surface area contributed by atoms with Gasteiger partial charge in [-0.05, 0) is 36.6 Å². The standard InChI is InChI=1S/C15H26N2O2S/c1-5-9-16-11-14-7-6-8-15(10-14)20(18,19)17(4)12-13(2)3/h6-8,10,13,16H,5,9,11-12H2,1-4H3. The van der Waals surface area contributed by atoms with Crippen LogP contribution in [-0.4, -0.2) is 32.9 Å². The Morgan fingerprint density at radius 2 is 2.00 bits per heavy atom. The highest BCUT2D eigenvalue weighted by Crippen LogP contribution is 2.17. The van der Waals surface area contributed by atoms with E-state index in [2.05, 4.69) is 12.2 Å². The van der Waals surface area contributed by atoms with Crippen molar-refractivity contribution >= 4 is 10.0 Å². The fraction of sp³-hybridized carbons (Fsp3) is 0.600. The average molecular weight is 298 g/mol. The third-order valence-corrected chi connectivity index (χ3v) is 4.80. The number of nitrogens with one attached hydrogen (secondary N) is 1. The summed E-state index contributed by atoms with van der Waals surface area (Å²) in [6.07, 6.45) is 1.06. The van der Waals surface area contributed by atoms with E-state index in [1.807, 2.05) is 19.9 Å². The second-order valence-corrected chi connectivity index (χ2v) is 7.55.